The van der Waals surface area contributed by atoms with Crippen molar-refractivity contribution in [2.45, 2.75) is 44.4 Å². The monoisotopic (exact) mass is 489 g/mol. The fraction of sp³-hybridized carbons (Fsp3) is 0.364. The first kappa shape index (κ1) is 21.2. The molecule has 1 aromatic heterocycles. The molecule has 8 heteroatoms. The van der Waals surface area contributed by atoms with Crippen LogP contribution in [0.4, 0.5) is 0 Å². The minimum absolute atomic E-state index is 0.0633. The van der Waals surface area contributed by atoms with Gasteiger partial charge in [0.15, 0.2) is 0 Å². The molecule has 1 saturated heterocycles. The highest BCUT2D eigenvalue weighted by Crippen LogP contribution is 2.33. The van der Waals surface area contributed by atoms with Gasteiger partial charge in [-0.2, -0.15) is 9.29 Å². The van der Waals surface area contributed by atoms with E-state index in [0.717, 1.165) is 26.7 Å². The molecule has 2 aromatic carbocycles. The highest BCUT2D eigenvalue weighted by atomic mass is 79.9. The number of benzene rings is 2. The summed E-state index contributed by atoms with van der Waals surface area (Å²) in [7, 11) is -3.53. The summed E-state index contributed by atoms with van der Waals surface area (Å²) in [5, 5.41) is 4.10. The second kappa shape index (κ2) is 8.24. The van der Waals surface area contributed by atoms with Crippen LogP contribution in [-0.4, -0.2) is 36.0 Å². The predicted octanol–water partition coefficient (Wildman–Crippen LogP) is 4.99. The number of hydrogen-bond donors (Lipinski definition) is 0. The lowest BCUT2D eigenvalue weighted by Gasteiger charge is -2.30. The molecule has 2 heterocycles. The second-order valence-electron chi connectivity index (χ2n) is 7.87. The van der Waals surface area contributed by atoms with E-state index in [4.69, 9.17) is 4.52 Å². The molecule has 30 heavy (non-hydrogen) atoms. The van der Waals surface area contributed by atoms with Crippen LogP contribution in [0, 0.1) is 20.8 Å². The molecule has 1 fully saturated rings. The van der Waals surface area contributed by atoms with E-state index in [0.29, 0.717) is 42.5 Å². The molecule has 4 rings (SSSR count). The van der Waals surface area contributed by atoms with E-state index in [1.54, 1.807) is 4.31 Å². The number of hydrogen-bond acceptors (Lipinski definition) is 5. The Labute approximate surface area is 185 Å². The zero-order valence-corrected chi connectivity index (χ0v) is 19.6. The van der Waals surface area contributed by atoms with E-state index < -0.39 is 10.0 Å². The van der Waals surface area contributed by atoms with E-state index in [2.05, 4.69) is 26.1 Å². The van der Waals surface area contributed by atoms with Gasteiger partial charge in [-0.3, -0.25) is 0 Å². The minimum Gasteiger partial charge on any atom is -0.339 e. The summed E-state index contributed by atoms with van der Waals surface area (Å²) in [6, 6.07) is 11.6. The van der Waals surface area contributed by atoms with Gasteiger partial charge in [-0.05, 0) is 69.0 Å². The Hall–Kier alpha value is -2.03. The van der Waals surface area contributed by atoms with Gasteiger partial charge in [0.25, 0.3) is 0 Å². The summed E-state index contributed by atoms with van der Waals surface area (Å²) in [6.45, 7) is 6.59. The number of halogens is 1. The van der Waals surface area contributed by atoms with Crippen LogP contribution < -0.4 is 0 Å². The lowest BCUT2D eigenvalue weighted by atomic mass is 9.98. The molecule has 158 valence electrons. The molecule has 0 spiro atoms. The Morgan fingerprint density at radius 1 is 1.03 bits per heavy atom. The van der Waals surface area contributed by atoms with Crippen molar-refractivity contribution in [3.8, 4) is 11.4 Å². The van der Waals surface area contributed by atoms with Crippen LogP contribution in [-0.2, 0) is 10.0 Å². The van der Waals surface area contributed by atoms with Crippen molar-refractivity contribution in [3.05, 3.63) is 63.5 Å². The summed E-state index contributed by atoms with van der Waals surface area (Å²) in [6.07, 6.45) is 1.32. The van der Waals surface area contributed by atoms with Crippen molar-refractivity contribution in [1.29, 1.82) is 0 Å². The fourth-order valence-electron chi connectivity index (χ4n) is 4.16. The van der Waals surface area contributed by atoms with Gasteiger partial charge in [0.2, 0.25) is 21.7 Å². The van der Waals surface area contributed by atoms with Crippen molar-refractivity contribution in [2.24, 2.45) is 0 Å². The Balaban J connectivity index is 1.49. The van der Waals surface area contributed by atoms with Gasteiger partial charge in [-0.15, -0.1) is 0 Å². The first-order valence-electron chi connectivity index (χ1n) is 9.93. The summed E-state index contributed by atoms with van der Waals surface area (Å²) in [4.78, 5) is 4.99. The summed E-state index contributed by atoms with van der Waals surface area (Å²) in [5.41, 5.74) is 3.55. The van der Waals surface area contributed by atoms with Gasteiger partial charge < -0.3 is 4.52 Å². The number of sulfonamides is 1. The average molecular weight is 490 g/mol. The molecule has 0 aliphatic carbocycles. The Kier molecular flexibility index (Phi) is 5.83. The number of piperidine rings is 1. The van der Waals surface area contributed by atoms with Crippen molar-refractivity contribution in [3.63, 3.8) is 0 Å². The number of nitrogens with zero attached hydrogens (tertiary/aromatic N) is 3. The third-order valence-corrected chi connectivity index (χ3v) is 8.28. The van der Waals surface area contributed by atoms with E-state index >= 15 is 0 Å². The molecule has 1 aliphatic heterocycles. The maximum absolute atomic E-state index is 13.3. The van der Waals surface area contributed by atoms with Crippen molar-refractivity contribution < 1.29 is 12.9 Å². The number of aryl methyl sites for hydroxylation is 3. The molecule has 0 amide bonds. The molecule has 1 aliphatic rings. The highest BCUT2D eigenvalue weighted by molar-refractivity contribution is 9.10. The van der Waals surface area contributed by atoms with E-state index in [9.17, 15) is 8.42 Å². The first-order valence-corrected chi connectivity index (χ1v) is 12.2. The van der Waals surface area contributed by atoms with Gasteiger partial charge in [0.05, 0.1) is 4.90 Å². The molecule has 0 unspecified atom stereocenters. The lowest BCUT2D eigenvalue weighted by molar-refractivity contribution is 0.270. The topological polar surface area (TPSA) is 76.3 Å². The van der Waals surface area contributed by atoms with Crippen LogP contribution in [0.3, 0.4) is 0 Å². The maximum atomic E-state index is 13.3. The highest BCUT2D eigenvalue weighted by Gasteiger charge is 2.33. The molecule has 6 nitrogen and oxygen atoms in total. The van der Waals surface area contributed by atoms with Gasteiger partial charge in [0.1, 0.15) is 0 Å². The quantitative estimate of drug-likeness (QED) is 0.515. The smallest absolute Gasteiger partial charge is 0.243 e. The van der Waals surface area contributed by atoms with Crippen molar-refractivity contribution in [2.75, 3.05) is 13.1 Å². The molecule has 0 atom stereocenters. The number of rotatable bonds is 4. The number of aromatic nitrogens is 2. The van der Waals surface area contributed by atoms with Gasteiger partial charge in [-0.1, -0.05) is 38.8 Å². The van der Waals surface area contributed by atoms with Crippen LogP contribution in [0.5, 0.6) is 0 Å². The van der Waals surface area contributed by atoms with Crippen LogP contribution in [0.15, 0.2) is 50.3 Å². The standard InChI is InChI=1S/C22H24BrN3O3S/c1-14-12-15(2)20(16(3)13-14)30(27,28)26-10-8-18(9-11-26)22-24-21(25-29-22)17-4-6-19(23)7-5-17/h4-7,12-13,18H,8-11H2,1-3H3. The van der Waals surface area contributed by atoms with Gasteiger partial charge in [-0.25, -0.2) is 8.42 Å². The second-order valence-corrected chi connectivity index (χ2v) is 10.7. The molecule has 0 N–H and O–H groups in total. The van der Waals surface area contributed by atoms with Crippen LogP contribution in [0.2, 0.25) is 0 Å². The molecular formula is C22H24BrN3O3S. The summed E-state index contributed by atoms with van der Waals surface area (Å²) in [5.74, 6) is 1.19. The Morgan fingerprint density at radius 3 is 2.23 bits per heavy atom. The van der Waals surface area contributed by atoms with Crippen molar-refractivity contribution in [1.82, 2.24) is 14.4 Å². The van der Waals surface area contributed by atoms with Gasteiger partial charge >= 0.3 is 0 Å². The fourth-order valence-corrected chi connectivity index (χ4v) is 6.31. The predicted molar refractivity (Wildman–Crippen MR) is 119 cm³/mol. The van der Waals surface area contributed by atoms with Crippen molar-refractivity contribution >= 4 is 26.0 Å². The van der Waals surface area contributed by atoms with E-state index in [-0.39, 0.29) is 5.92 Å². The normalized spacial score (nSPS) is 16.1. The SMILES string of the molecule is Cc1cc(C)c(S(=O)(=O)N2CCC(c3nc(-c4ccc(Br)cc4)no3)CC2)c(C)c1. The summed E-state index contributed by atoms with van der Waals surface area (Å²) < 4.78 is 34.6. The zero-order chi connectivity index (χ0) is 21.5. The molecule has 0 saturated carbocycles. The first-order chi connectivity index (χ1) is 14.3. The third-order valence-electron chi connectivity index (χ3n) is 5.55. The van der Waals surface area contributed by atoms with Crippen LogP contribution >= 0.6 is 15.9 Å². The van der Waals surface area contributed by atoms with E-state index in [1.807, 2.05) is 57.2 Å². The van der Waals surface area contributed by atoms with Gasteiger partial charge in [0, 0.05) is 29.0 Å². The molecule has 0 radical (unpaired) electrons. The van der Waals surface area contributed by atoms with Crippen LogP contribution in [0.25, 0.3) is 11.4 Å². The molecular weight excluding hydrogens is 466 g/mol. The third kappa shape index (κ3) is 4.08. The lowest BCUT2D eigenvalue weighted by Crippen LogP contribution is -2.38. The summed E-state index contributed by atoms with van der Waals surface area (Å²) >= 11 is 3.42. The zero-order valence-electron chi connectivity index (χ0n) is 17.2. The average Bonchev–Trinajstić information content (AvgIpc) is 3.18. The maximum Gasteiger partial charge on any atom is 0.243 e. The molecule has 0 bridgehead atoms. The van der Waals surface area contributed by atoms with E-state index in [1.165, 1.54) is 0 Å². The Morgan fingerprint density at radius 2 is 1.63 bits per heavy atom. The minimum atomic E-state index is -3.53. The largest absolute Gasteiger partial charge is 0.339 e. The van der Waals surface area contributed by atoms with Crippen LogP contribution in [0.1, 0.15) is 41.3 Å². The Bertz CT molecular complexity index is 1140. The molecule has 3 aromatic rings.